The van der Waals surface area contributed by atoms with E-state index in [2.05, 4.69) is 4.98 Å². The largest absolute Gasteiger partial charge is 0.321 e. The number of nitrogens with zero attached hydrogens (tertiary/aromatic N) is 2. The molecule has 5 heteroatoms. The molecule has 0 aliphatic carbocycles. The molecule has 1 fully saturated rings. The number of carbonyl (C=O) groups is 1. The van der Waals surface area contributed by atoms with Gasteiger partial charge in [-0.05, 0) is 29.5 Å². The third-order valence-corrected chi connectivity index (χ3v) is 3.98. The zero-order chi connectivity index (χ0) is 13.4. The molecule has 1 amide bonds. The van der Waals surface area contributed by atoms with Crippen molar-refractivity contribution in [2.75, 3.05) is 6.54 Å². The number of aromatic nitrogens is 1. The standard InChI is InChI=1S/C14H14ClN3O/c15-13(18-6-4-12(16)14(18)19)10-2-1-9-3-5-17-8-11(9)7-10/h1-3,5,7-8,12-13H,4,6,16H2/t12-,13?/m0/s1. The smallest absolute Gasteiger partial charge is 0.241 e. The molecule has 1 unspecified atom stereocenters. The Kier molecular flexibility index (Phi) is 3.12. The fraction of sp³-hybridized carbons (Fsp3) is 0.286. The van der Waals surface area contributed by atoms with Crippen LogP contribution >= 0.6 is 11.6 Å². The Bertz CT molecular complexity index is 631. The van der Waals surface area contributed by atoms with Gasteiger partial charge in [-0.3, -0.25) is 9.78 Å². The van der Waals surface area contributed by atoms with Gasteiger partial charge in [0, 0.05) is 24.3 Å². The number of hydrogen-bond donors (Lipinski definition) is 1. The van der Waals surface area contributed by atoms with Crippen molar-refractivity contribution in [1.82, 2.24) is 9.88 Å². The third-order valence-electron chi connectivity index (χ3n) is 3.49. The number of nitrogens with two attached hydrogens (primary N) is 1. The number of alkyl halides is 1. The van der Waals surface area contributed by atoms with Gasteiger partial charge in [-0.1, -0.05) is 23.7 Å². The van der Waals surface area contributed by atoms with Crippen LogP contribution < -0.4 is 5.73 Å². The summed E-state index contributed by atoms with van der Waals surface area (Å²) >= 11 is 6.40. The fourth-order valence-electron chi connectivity index (χ4n) is 2.38. The topological polar surface area (TPSA) is 59.2 Å². The van der Waals surface area contributed by atoms with Crippen LogP contribution in [0.25, 0.3) is 10.8 Å². The van der Waals surface area contributed by atoms with Crippen LogP contribution in [0.3, 0.4) is 0 Å². The van der Waals surface area contributed by atoms with E-state index in [1.54, 1.807) is 17.3 Å². The highest BCUT2D eigenvalue weighted by Gasteiger charge is 2.33. The van der Waals surface area contributed by atoms with Gasteiger partial charge < -0.3 is 10.6 Å². The SMILES string of the molecule is N[C@H]1CCN(C(Cl)c2ccc3ccncc3c2)C1=O. The Morgan fingerprint density at radius 2 is 2.21 bits per heavy atom. The van der Waals surface area contributed by atoms with Crippen LogP contribution in [0.5, 0.6) is 0 Å². The Labute approximate surface area is 116 Å². The minimum Gasteiger partial charge on any atom is -0.321 e. The van der Waals surface area contributed by atoms with E-state index in [9.17, 15) is 4.79 Å². The molecule has 2 atom stereocenters. The highest BCUT2D eigenvalue weighted by Crippen LogP contribution is 2.30. The van der Waals surface area contributed by atoms with Crippen LogP contribution in [0.2, 0.25) is 0 Å². The van der Waals surface area contributed by atoms with Gasteiger partial charge in [0.05, 0.1) is 6.04 Å². The monoisotopic (exact) mass is 275 g/mol. The van der Waals surface area contributed by atoms with Crippen LogP contribution in [-0.4, -0.2) is 28.4 Å². The first-order chi connectivity index (χ1) is 9.16. The fourth-order valence-corrected chi connectivity index (χ4v) is 2.71. The van der Waals surface area contributed by atoms with Crippen molar-refractivity contribution in [1.29, 1.82) is 0 Å². The van der Waals surface area contributed by atoms with Gasteiger partial charge in [-0.15, -0.1) is 0 Å². The molecule has 0 saturated carbocycles. The summed E-state index contributed by atoms with van der Waals surface area (Å²) in [4.78, 5) is 17.6. The average Bonchev–Trinajstić information content (AvgIpc) is 2.78. The maximum atomic E-state index is 11.9. The van der Waals surface area contributed by atoms with E-state index in [4.69, 9.17) is 17.3 Å². The molecule has 0 spiro atoms. The second-order valence-electron chi connectivity index (χ2n) is 4.74. The van der Waals surface area contributed by atoms with E-state index >= 15 is 0 Å². The van der Waals surface area contributed by atoms with Crippen molar-refractivity contribution in [3.63, 3.8) is 0 Å². The van der Waals surface area contributed by atoms with Crippen molar-refractivity contribution in [2.45, 2.75) is 18.0 Å². The summed E-state index contributed by atoms with van der Waals surface area (Å²) in [6.07, 6.45) is 4.21. The number of hydrogen-bond acceptors (Lipinski definition) is 3. The van der Waals surface area contributed by atoms with Crippen molar-refractivity contribution in [3.8, 4) is 0 Å². The molecule has 4 nitrogen and oxygen atoms in total. The summed E-state index contributed by atoms with van der Waals surface area (Å²) in [7, 11) is 0. The lowest BCUT2D eigenvalue weighted by Gasteiger charge is -2.23. The Hall–Kier alpha value is -1.65. The lowest BCUT2D eigenvalue weighted by molar-refractivity contribution is -0.129. The van der Waals surface area contributed by atoms with Gasteiger partial charge in [-0.25, -0.2) is 0 Å². The minimum atomic E-state index is -0.467. The van der Waals surface area contributed by atoms with Crippen molar-refractivity contribution >= 4 is 28.3 Å². The number of likely N-dealkylation sites (tertiary alicyclic amines) is 1. The molecule has 3 rings (SSSR count). The molecule has 1 aliphatic heterocycles. The number of pyridine rings is 1. The zero-order valence-corrected chi connectivity index (χ0v) is 11.0. The van der Waals surface area contributed by atoms with E-state index in [-0.39, 0.29) is 5.91 Å². The van der Waals surface area contributed by atoms with Crippen LogP contribution in [0, 0.1) is 0 Å². The molecule has 0 bridgehead atoms. The van der Waals surface area contributed by atoms with Crippen LogP contribution in [0.4, 0.5) is 0 Å². The van der Waals surface area contributed by atoms with Gasteiger partial charge in [0.25, 0.3) is 0 Å². The molecule has 2 aromatic rings. The Morgan fingerprint density at radius 3 is 2.95 bits per heavy atom. The van der Waals surface area contributed by atoms with Crippen LogP contribution in [-0.2, 0) is 4.79 Å². The number of carbonyl (C=O) groups excluding carboxylic acids is 1. The number of fused-ring (bicyclic) bond motifs is 1. The van der Waals surface area contributed by atoms with Crippen molar-refractivity contribution in [2.24, 2.45) is 5.73 Å². The lowest BCUT2D eigenvalue weighted by Crippen LogP contribution is -2.34. The molecule has 1 aromatic heterocycles. The first-order valence-corrected chi connectivity index (χ1v) is 6.64. The number of benzene rings is 1. The van der Waals surface area contributed by atoms with Gasteiger partial charge in [0.15, 0.2) is 0 Å². The molecule has 19 heavy (non-hydrogen) atoms. The van der Waals surface area contributed by atoms with Gasteiger partial charge in [-0.2, -0.15) is 0 Å². The first-order valence-electron chi connectivity index (χ1n) is 6.20. The quantitative estimate of drug-likeness (QED) is 0.674. The molecular formula is C14H14ClN3O. The van der Waals surface area contributed by atoms with E-state index < -0.39 is 11.5 Å². The molecular weight excluding hydrogens is 262 g/mol. The predicted molar refractivity (Wildman–Crippen MR) is 74.6 cm³/mol. The Balaban J connectivity index is 1.93. The maximum absolute atomic E-state index is 11.9. The molecule has 2 heterocycles. The Morgan fingerprint density at radius 1 is 1.37 bits per heavy atom. The summed E-state index contributed by atoms with van der Waals surface area (Å²) in [5.41, 5.74) is 6.14. The maximum Gasteiger partial charge on any atom is 0.241 e. The molecule has 98 valence electrons. The minimum absolute atomic E-state index is 0.0775. The van der Waals surface area contributed by atoms with E-state index in [1.165, 1.54) is 0 Å². The predicted octanol–water partition coefficient (Wildman–Crippen LogP) is 2.03. The summed E-state index contributed by atoms with van der Waals surface area (Å²) in [5, 5.41) is 2.12. The van der Waals surface area contributed by atoms with Gasteiger partial charge in [0.2, 0.25) is 5.91 Å². The average molecular weight is 276 g/mol. The lowest BCUT2D eigenvalue weighted by atomic mass is 10.1. The summed E-state index contributed by atoms with van der Waals surface area (Å²) in [6, 6.07) is 7.43. The van der Waals surface area contributed by atoms with Crippen molar-refractivity contribution < 1.29 is 4.79 Å². The molecule has 1 aliphatic rings. The molecule has 2 N–H and O–H groups in total. The van der Waals surface area contributed by atoms with E-state index in [1.807, 2.05) is 24.3 Å². The zero-order valence-electron chi connectivity index (χ0n) is 10.3. The first kappa shape index (κ1) is 12.4. The second kappa shape index (κ2) is 4.79. The van der Waals surface area contributed by atoms with Crippen LogP contribution in [0.1, 0.15) is 17.5 Å². The van der Waals surface area contributed by atoms with E-state index in [0.29, 0.717) is 13.0 Å². The normalized spacial score (nSPS) is 21.1. The highest BCUT2D eigenvalue weighted by molar-refractivity contribution is 6.21. The molecule has 1 saturated heterocycles. The number of rotatable bonds is 2. The van der Waals surface area contributed by atoms with Crippen LogP contribution in [0.15, 0.2) is 36.7 Å². The van der Waals surface area contributed by atoms with Gasteiger partial charge in [0.1, 0.15) is 5.50 Å². The number of amides is 1. The molecule has 0 radical (unpaired) electrons. The summed E-state index contributed by atoms with van der Waals surface area (Å²) in [5.74, 6) is -0.0775. The second-order valence-corrected chi connectivity index (χ2v) is 5.16. The number of halogens is 1. The summed E-state index contributed by atoms with van der Waals surface area (Å²) < 4.78 is 0. The van der Waals surface area contributed by atoms with E-state index in [0.717, 1.165) is 16.3 Å². The summed E-state index contributed by atoms with van der Waals surface area (Å²) in [6.45, 7) is 0.610. The highest BCUT2D eigenvalue weighted by atomic mass is 35.5. The van der Waals surface area contributed by atoms with Gasteiger partial charge >= 0.3 is 0 Å². The molecule has 1 aromatic carbocycles. The third kappa shape index (κ3) is 2.17. The van der Waals surface area contributed by atoms with Crippen molar-refractivity contribution in [3.05, 3.63) is 42.2 Å².